The molecule has 4 heteroatoms. The summed E-state index contributed by atoms with van der Waals surface area (Å²) in [6.45, 7) is 5.37. The molecular formula is C15H19N3O. The van der Waals surface area contributed by atoms with Gasteiger partial charge in [-0.05, 0) is 50.2 Å². The molecule has 0 aliphatic rings. The maximum atomic E-state index is 11.9. The summed E-state index contributed by atoms with van der Waals surface area (Å²) >= 11 is 0. The fraction of sp³-hybridized carbons (Fsp3) is 0.267. The number of benzene rings is 1. The Morgan fingerprint density at radius 2 is 1.68 bits per heavy atom. The molecule has 0 saturated carbocycles. The summed E-state index contributed by atoms with van der Waals surface area (Å²) in [5.74, 6) is 0. The lowest BCUT2D eigenvalue weighted by Crippen LogP contribution is -2.34. The third-order valence-electron chi connectivity index (χ3n) is 3.07. The topological polar surface area (TPSA) is 37.3 Å². The van der Waals surface area contributed by atoms with Gasteiger partial charge in [0.15, 0.2) is 0 Å². The maximum Gasteiger partial charge on any atom is 0.321 e. The van der Waals surface area contributed by atoms with Crippen molar-refractivity contribution in [1.29, 1.82) is 0 Å². The summed E-state index contributed by atoms with van der Waals surface area (Å²) in [6.07, 6.45) is 3.98. The van der Waals surface area contributed by atoms with Crippen molar-refractivity contribution in [1.82, 2.24) is 9.47 Å². The van der Waals surface area contributed by atoms with Gasteiger partial charge in [0.2, 0.25) is 0 Å². The summed E-state index contributed by atoms with van der Waals surface area (Å²) < 4.78 is 2.02. The number of carbonyl (C=O) groups is 1. The number of urea groups is 1. The second-order valence-corrected chi connectivity index (χ2v) is 4.24. The van der Waals surface area contributed by atoms with Gasteiger partial charge in [-0.1, -0.05) is 0 Å². The molecule has 0 radical (unpaired) electrons. The van der Waals surface area contributed by atoms with Gasteiger partial charge in [-0.15, -0.1) is 0 Å². The van der Waals surface area contributed by atoms with Crippen LogP contribution in [0.25, 0.3) is 5.69 Å². The standard InChI is InChI=1S/C15H19N3O/c1-3-17(4-2)15(19)16-13-7-9-14(10-8-13)18-11-5-6-12-18/h5-12H,3-4H2,1-2H3,(H,16,19). The SMILES string of the molecule is CCN(CC)C(=O)Nc1ccc(-n2cccc2)cc1. The lowest BCUT2D eigenvalue weighted by Gasteiger charge is -2.19. The van der Waals surface area contributed by atoms with Crippen molar-refractivity contribution in [2.45, 2.75) is 13.8 Å². The predicted molar refractivity (Wildman–Crippen MR) is 77.7 cm³/mol. The van der Waals surface area contributed by atoms with Gasteiger partial charge < -0.3 is 14.8 Å². The molecule has 2 aromatic rings. The molecule has 0 saturated heterocycles. The summed E-state index contributed by atoms with van der Waals surface area (Å²) in [5.41, 5.74) is 1.89. The highest BCUT2D eigenvalue weighted by Crippen LogP contribution is 2.14. The van der Waals surface area contributed by atoms with Crippen molar-refractivity contribution in [2.75, 3.05) is 18.4 Å². The first-order chi connectivity index (χ1) is 9.24. The Morgan fingerprint density at radius 1 is 1.11 bits per heavy atom. The van der Waals surface area contributed by atoms with Crippen molar-refractivity contribution >= 4 is 11.7 Å². The monoisotopic (exact) mass is 257 g/mol. The van der Waals surface area contributed by atoms with E-state index >= 15 is 0 Å². The fourth-order valence-corrected chi connectivity index (χ4v) is 1.94. The van der Waals surface area contributed by atoms with Gasteiger partial charge in [0.1, 0.15) is 0 Å². The van der Waals surface area contributed by atoms with Crippen molar-refractivity contribution in [3.8, 4) is 5.69 Å². The van der Waals surface area contributed by atoms with Crippen LogP contribution in [0.15, 0.2) is 48.8 Å². The minimum absolute atomic E-state index is 0.0567. The average molecular weight is 257 g/mol. The van der Waals surface area contributed by atoms with Gasteiger partial charge in [0.05, 0.1) is 0 Å². The van der Waals surface area contributed by atoms with Gasteiger partial charge >= 0.3 is 6.03 Å². The molecule has 0 atom stereocenters. The summed E-state index contributed by atoms with van der Waals surface area (Å²) in [5, 5.41) is 2.89. The minimum Gasteiger partial charge on any atom is -0.325 e. The lowest BCUT2D eigenvalue weighted by molar-refractivity contribution is 0.217. The van der Waals surface area contributed by atoms with E-state index in [9.17, 15) is 4.79 Å². The van der Waals surface area contributed by atoms with Gasteiger partial charge in [0.25, 0.3) is 0 Å². The first-order valence-electron chi connectivity index (χ1n) is 6.54. The van der Waals surface area contributed by atoms with Gasteiger partial charge in [-0.25, -0.2) is 4.79 Å². The highest BCUT2D eigenvalue weighted by Gasteiger charge is 2.08. The first-order valence-corrected chi connectivity index (χ1v) is 6.54. The van der Waals surface area contributed by atoms with E-state index in [0.29, 0.717) is 13.1 Å². The van der Waals surface area contributed by atoms with Crippen LogP contribution in [-0.4, -0.2) is 28.6 Å². The molecular weight excluding hydrogens is 238 g/mol. The Morgan fingerprint density at radius 3 is 2.21 bits per heavy atom. The van der Waals surface area contributed by atoms with Crippen LogP contribution in [0.5, 0.6) is 0 Å². The molecule has 4 nitrogen and oxygen atoms in total. The number of amides is 2. The summed E-state index contributed by atoms with van der Waals surface area (Å²) in [6, 6.07) is 11.7. The highest BCUT2D eigenvalue weighted by molar-refractivity contribution is 5.89. The largest absolute Gasteiger partial charge is 0.325 e. The van der Waals surface area contributed by atoms with Crippen LogP contribution in [0.3, 0.4) is 0 Å². The smallest absolute Gasteiger partial charge is 0.321 e. The van der Waals surface area contributed by atoms with E-state index in [4.69, 9.17) is 0 Å². The third kappa shape index (κ3) is 3.16. The van der Waals surface area contributed by atoms with Crippen LogP contribution >= 0.6 is 0 Å². The molecule has 1 heterocycles. The van der Waals surface area contributed by atoms with E-state index in [1.165, 1.54) is 0 Å². The summed E-state index contributed by atoms with van der Waals surface area (Å²) in [7, 11) is 0. The first kappa shape index (κ1) is 13.2. The maximum absolute atomic E-state index is 11.9. The van der Waals surface area contributed by atoms with Crippen LogP contribution in [0.1, 0.15) is 13.8 Å². The molecule has 1 aromatic heterocycles. The van der Waals surface area contributed by atoms with E-state index in [1.807, 2.05) is 67.2 Å². The molecule has 0 unspecified atom stereocenters. The molecule has 0 aliphatic carbocycles. The fourth-order valence-electron chi connectivity index (χ4n) is 1.94. The van der Waals surface area contributed by atoms with Gasteiger partial charge in [-0.3, -0.25) is 0 Å². The molecule has 0 aliphatic heterocycles. The van der Waals surface area contributed by atoms with E-state index in [-0.39, 0.29) is 6.03 Å². The second kappa shape index (κ2) is 6.09. The number of nitrogens with one attached hydrogen (secondary N) is 1. The number of aromatic nitrogens is 1. The predicted octanol–water partition coefficient (Wildman–Crippen LogP) is 3.35. The molecule has 2 rings (SSSR count). The molecule has 19 heavy (non-hydrogen) atoms. The highest BCUT2D eigenvalue weighted by atomic mass is 16.2. The molecule has 2 amide bonds. The van der Waals surface area contributed by atoms with Crippen LogP contribution in [0, 0.1) is 0 Å². The quantitative estimate of drug-likeness (QED) is 0.896. The Hall–Kier alpha value is -2.23. The number of anilines is 1. The van der Waals surface area contributed by atoms with Crippen molar-refractivity contribution in [3.05, 3.63) is 48.8 Å². The number of carbonyl (C=O) groups excluding carboxylic acids is 1. The molecule has 100 valence electrons. The van der Waals surface area contributed by atoms with Crippen molar-refractivity contribution in [3.63, 3.8) is 0 Å². The Kier molecular flexibility index (Phi) is 4.23. The zero-order valence-electron chi connectivity index (χ0n) is 11.3. The number of rotatable bonds is 4. The Labute approximate surface area is 113 Å². The second-order valence-electron chi connectivity index (χ2n) is 4.24. The third-order valence-corrected chi connectivity index (χ3v) is 3.07. The van der Waals surface area contributed by atoms with E-state index in [2.05, 4.69) is 5.32 Å². The molecule has 1 N–H and O–H groups in total. The lowest BCUT2D eigenvalue weighted by atomic mass is 10.3. The van der Waals surface area contributed by atoms with Crippen LogP contribution in [-0.2, 0) is 0 Å². The normalized spacial score (nSPS) is 10.2. The minimum atomic E-state index is -0.0567. The van der Waals surface area contributed by atoms with Crippen LogP contribution < -0.4 is 5.32 Å². The van der Waals surface area contributed by atoms with Crippen LogP contribution in [0.4, 0.5) is 10.5 Å². The molecule has 0 bridgehead atoms. The van der Waals surface area contributed by atoms with Crippen molar-refractivity contribution < 1.29 is 4.79 Å². The Bertz CT molecular complexity index is 513. The molecule has 1 aromatic carbocycles. The zero-order chi connectivity index (χ0) is 13.7. The zero-order valence-corrected chi connectivity index (χ0v) is 11.3. The summed E-state index contributed by atoms with van der Waals surface area (Å²) in [4.78, 5) is 13.6. The Balaban J connectivity index is 2.05. The van der Waals surface area contributed by atoms with Gasteiger partial charge in [0, 0.05) is 36.9 Å². The van der Waals surface area contributed by atoms with Crippen molar-refractivity contribution in [2.24, 2.45) is 0 Å². The number of hydrogen-bond donors (Lipinski definition) is 1. The van der Waals surface area contributed by atoms with Gasteiger partial charge in [-0.2, -0.15) is 0 Å². The van der Waals surface area contributed by atoms with E-state index in [0.717, 1.165) is 11.4 Å². The average Bonchev–Trinajstić information content (AvgIpc) is 2.95. The molecule has 0 spiro atoms. The van der Waals surface area contributed by atoms with E-state index in [1.54, 1.807) is 4.90 Å². The number of nitrogens with zero attached hydrogens (tertiary/aromatic N) is 2. The van der Waals surface area contributed by atoms with E-state index < -0.39 is 0 Å². The van der Waals surface area contributed by atoms with Crippen LogP contribution in [0.2, 0.25) is 0 Å². The molecule has 0 fully saturated rings. The number of hydrogen-bond acceptors (Lipinski definition) is 1.